The van der Waals surface area contributed by atoms with Gasteiger partial charge in [-0.05, 0) is 63.3 Å². The van der Waals surface area contributed by atoms with Gasteiger partial charge in [0.2, 0.25) is 5.91 Å². The highest BCUT2D eigenvalue weighted by Crippen LogP contribution is 2.61. The molecule has 1 aliphatic heterocycles. The Morgan fingerprint density at radius 2 is 1.76 bits per heavy atom. The van der Waals surface area contributed by atoms with Crippen LogP contribution in [0.1, 0.15) is 48.6 Å². The van der Waals surface area contributed by atoms with Crippen LogP contribution in [0.4, 0.5) is 18.9 Å². The number of aromatic amines is 1. The van der Waals surface area contributed by atoms with Crippen molar-refractivity contribution in [1.82, 2.24) is 15.5 Å². The molecule has 1 spiro atoms. The number of rotatable bonds is 6. The number of alkyl halides is 1. The van der Waals surface area contributed by atoms with E-state index in [9.17, 15) is 22.8 Å². The van der Waals surface area contributed by atoms with Gasteiger partial charge < -0.3 is 15.4 Å². The SMILES string of the molecule is Cc1n[nH]c(C)c1-c1ccc(NC(=O)[C@@H](NC(=O)C2(F)CC2)C2c3cc(F)c(F)cc3OCC23CC3)cc1. The van der Waals surface area contributed by atoms with E-state index in [1.54, 1.807) is 12.1 Å². The molecule has 0 bridgehead atoms. The minimum atomic E-state index is -2.01. The Labute approximate surface area is 217 Å². The Balaban J connectivity index is 1.33. The Bertz CT molecular complexity index is 1420. The molecule has 1 unspecified atom stereocenters. The van der Waals surface area contributed by atoms with Gasteiger partial charge in [-0.3, -0.25) is 14.7 Å². The highest BCUT2D eigenvalue weighted by molar-refractivity contribution is 6.00. The van der Waals surface area contributed by atoms with Gasteiger partial charge in [0.25, 0.3) is 5.91 Å². The molecule has 0 radical (unpaired) electrons. The first-order valence-corrected chi connectivity index (χ1v) is 12.6. The van der Waals surface area contributed by atoms with Crippen molar-refractivity contribution in [1.29, 1.82) is 0 Å². The Kier molecular flexibility index (Phi) is 5.55. The molecule has 7 nitrogen and oxygen atoms in total. The highest BCUT2D eigenvalue weighted by Gasteiger charge is 2.59. The third-order valence-electron chi connectivity index (χ3n) is 8.02. The summed E-state index contributed by atoms with van der Waals surface area (Å²) in [6.07, 6.45) is 1.51. The van der Waals surface area contributed by atoms with Crippen molar-refractivity contribution in [3.63, 3.8) is 0 Å². The van der Waals surface area contributed by atoms with Crippen LogP contribution in [0.15, 0.2) is 36.4 Å². The molecule has 3 N–H and O–H groups in total. The summed E-state index contributed by atoms with van der Waals surface area (Å²) >= 11 is 0. The number of halogens is 3. The van der Waals surface area contributed by atoms with Crippen LogP contribution in [0.5, 0.6) is 5.75 Å². The van der Waals surface area contributed by atoms with Crippen molar-refractivity contribution in [2.24, 2.45) is 5.41 Å². The largest absolute Gasteiger partial charge is 0.493 e. The van der Waals surface area contributed by atoms with Gasteiger partial charge in [-0.2, -0.15) is 5.10 Å². The molecule has 2 atom stereocenters. The molecule has 3 aromatic rings. The molecule has 2 aliphatic carbocycles. The van der Waals surface area contributed by atoms with E-state index in [4.69, 9.17) is 4.74 Å². The number of fused-ring (bicyclic) bond motifs is 1. The second-order valence-electron chi connectivity index (χ2n) is 10.7. The number of ether oxygens (including phenoxy) is 1. The number of nitrogens with one attached hydrogen (secondary N) is 3. The molecule has 38 heavy (non-hydrogen) atoms. The molecule has 2 aromatic carbocycles. The van der Waals surface area contributed by atoms with Gasteiger partial charge in [-0.25, -0.2) is 13.2 Å². The lowest BCUT2D eigenvalue weighted by Gasteiger charge is -2.38. The molecule has 198 valence electrons. The van der Waals surface area contributed by atoms with E-state index in [0.717, 1.165) is 34.6 Å². The van der Waals surface area contributed by atoms with Gasteiger partial charge in [0.05, 0.1) is 12.3 Å². The summed E-state index contributed by atoms with van der Waals surface area (Å²) < 4.78 is 48.8. The Morgan fingerprint density at radius 3 is 2.37 bits per heavy atom. The zero-order valence-electron chi connectivity index (χ0n) is 21.0. The molecule has 1 aromatic heterocycles. The number of benzene rings is 2. The molecular formula is C28H27F3N4O3. The van der Waals surface area contributed by atoms with Gasteiger partial charge in [0.1, 0.15) is 11.8 Å². The van der Waals surface area contributed by atoms with Crippen LogP contribution < -0.4 is 15.4 Å². The predicted octanol–water partition coefficient (Wildman–Crippen LogP) is 4.85. The quantitative estimate of drug-likeness (QED) is 0.430. The van der Waals surface area contributed by atoms with Gasteiger partial charge in [-0.1, -0.05) is 12.1 Å². The normalized spacial score (nSPS) is 20.7. The number of H-pyrrole nitrogens is 1. The summed E-state index contributed by atoms with van der Waals surface area (Å²) in [4.78, 5) is 26.5. The molecule has 6 rings (SSSR count). The first-order valence-electron chi connectivity index (χ1n) is 12.6. The van der Waals surface area contributed by atoms with Gasteiger partial charge in [0, 0.05) is 39.9 Å². The standard InChI is InChI=1S/C28H27F3N4O3/c1-14-22(15(2)35-34-14)16-3-5-17(6-4-16)32-25(36)24(33-26(37)28(31)9-10-28)23-18-11-19(29)20(30)12-21(18)38-13-27(23)7-8-27/h3-6,11-12,23-24H,7-10,13H2,1-2H3,(H,32,36)(H,33,37)(H,34,35)/t23?,24-/m0/s1. The maximum absolute atomic E-state index is 14.7. The molecule has 3 aliphatic rings. The van der Waals surface area contributed by atoms with Crippen LogP contribution in [0, 0.1) is 30.9 Å². The number of nitrogens with zero attached hydrogens (tertiary/aromatic N) is 1. The van der Waals surface area contributed by atoms with Crippen LogP contribution >= 0.6 is 0 Å². The third kappa shape index (κ3) is 4.12. The number of aryl methyl sites for hydroxylation is 2. The summed E-state index contributed by atoms with van der Waals surface area (Å²) in [5.41, 5.74) is 1.85. The average Bonchev–Trinajstić information content (AvgIpc) is 3.80. The smallest absolute Gasteiger partial charge is 0.258 e. The van der Waals surface area contributed by atoms with Gasteiger partial charge in [-0.15, -0.1) is 0 Å². The highest BCUT2D eigenvalue weighted by atomic mass is 19.2. The fourth-order valence-corrected chi connectivity index (χ4v) is 5.53. The Morgan fingerprint density at radius 1 is 1.08 bits per heavy atom. The number of carbonyl (C=O) groups excluding carboxylic acids is 2. The van der Waals surface area contributed by atoms with Crippen molar-refractivity contribution in [3.8, 4) is 16.9 Å². The number of aromatic nitrogens is 2. The first kappa shape index (κ1) is 24.5. The molecule has 2 heterocycles. The van der Waals surface area contributed by atoms with Crippen molar-refractivity contribution in [2.45, 2.75) is 57.2 Å². The molecular weight excluding hydrogens is 497 g/mol. The zero-order valence-corrected chi connectivity index (χ0v) is 21.0. The van der Waals surface area contributed by atoms with Crippen LogP contribution in [0.25, 0.3) is 11.1 Å². The van der Waals surface area contributed by atoms with Crippen molar-refractivity contribution in [2.75, 3.05) is 11.9 Å². The molecule has 2 saturated carbocycles. The first-order chi connectivity index (χ1) is 18.1. The van der Waals surface area contributed by atoms with E-state index in [0.29, 0.717) is 18.5 Å². The van der Waals surface area contributed by atoms with E-state index in [1.165, 1.54) is 0 Å². The molecule has 2 fully saturated rings. The van der Waals surface area contributed by atoms with E-state index in [1.807, 2.05) is 26.0 Å². The molecule has 10 heteroatoms. The summed E-state index contributed by atoms with van der Waals surface area (Å²) in [6.45, 7) is 4.01. The number of carbonyl (C=O) groups is 2. The van der Waals surface area contributed by atoms with Crippen molar-refractivity contribution >= 4 is 17.5 Å². The van der Waals surface area contributed by atoms with Crippen LogP contribution in [0.3, 0.4) is 0 Å². The van der Waals surface area contributed by atoms with Crippen molar-refractivity contribution < 1.29 is 27.5 Å². The topological polar surface area (TPSA) is 96.1 Å². The lowest BCUT2D eigenvalue weighted by atomic mass is 9.75. The fourth-order valence-electron chi connectivity index (χ4n) is 5.53. The van der Waals surface area contributed by atoms with E-state index >= 15 is 0 Å². The molecule has 0 saturated heterocycles. The number of hydrogen-bond acceptors (Lipinski definition) is 4. The second-order valence-corrected chi connectivity index (χ2v) is 10.7. The second kappa shape index (κ2) is 8.61. The van der Waals surface area contributed by atoms with E-state index in [2.05, 4.69) is 20.8 Å². The maximum Gasteiger partial charge on any atom is 0.258 e. The minimum Gasteiger partial charge on any atom is -0.493 e. The summed E-state index contributed by atoms with van der Waals surface area (Å²) in [7, 11) is 0. The summed E-state index contributed by atoms with van der Waals surface area (Å²) in [6, 6.07) is 7.92. The lowest BCUT2D eigenvalue weighted by molar-refractivity contribution is -0.132. The number of anilines is 1. The lowest BCUT2D eigenvalue weighted by Crippen LogP contribution is -2.53. The predicted molar refractivity (Wildman–Crippen MR) is 133 cm³/mol. The zero-order chi connectivity index (χ0) is 26.8. The fraction of sp³-hybridized carbons (Fsp3) is 0.393. The van der Waals surface area contributed by atoms with Crippen LogP contribution in [-0.2, 0) is 9.59 Å². The van der Waals surface area contributed by atoms with Crippen LogP contribution in [0.2, 0.25) is 0 Å². The van der Waals surface area contributed by atoms with Gasteiger partial charge >= 0.3 is 0 Å². The molecule has 2 amide bonds. The van der Waals surface area contributed by atoms with Gasteiger partial charge in [0.15, 0.2) is 17.3 Å². The third-order valence-corrected chi connectivity index (χ3v) is 8.02. The van der Waals surface area contributed by atoms with E-state index < -0.39 is 46.5 Å². The van der Waals surface area contributed by atoms with E-state index in [-0.39, 0.29) is 30.8 Å². The van der Waals surface area contributed by atoms with Crippen LogP contribution in [-0.4, -0.2) is 40.3 Å². The minimum absolute atomic E-state index is 0.0802. The summed E-state index contributed by atoms with van der Waals surface area (Å²) in [5, 5.41) is 12.6. The number of hydrogen-bond donors (Lipinski definition) is 3. The van der Waals surface area contributed by atoms with Crippen molar-refractivity contribution in [3.05, 3.63) is 65.0 Å². The number of amides is 2. The average molecular weight is 525 g/mol. The Hall–Kier alpha value is -3.82. The summed E-state index contributed by atoms with van der Waals surface area (Å²) in [5.74, 6) is -4.18. The monoisotopic (exact) mass is 524 g/mol. The maximum atomic E-state index is 14.7.